The van der Waals surface area contributed by atoms with Crippen LogP contribution in [0.5, 0.6) is 0 Å². The normalized spacial score (nSPS) is 26.4. The zero-order valence-electron chi connectivity index (χ0n) is 12.0. The van der Waals surface area contributed by atoms with Gasteiger partial charge in [-0.2, -0.15) is 0 Å². The van der Waals surface area contributed by atoms with Crippen LogP contribution in [0.1, 0.15) is 49.0 Å². The molecule has 0 aromatic heterocycles. The van der Waals surface area contributed by atoms with Gasteiger partial charge in [-0.3, -0.25) is 0 Å². The smallest absolute Gasteiger partial charge is 0.338 e. The SMILES string of the molecule is CC1CCCC(NCc2ccc(C(=O)O)c(F)c2)C1C. The Balaban J connectivity index is 1.97. The average Bonchev–Trinajstić information content (AvgIpc) is 2.40. The van der Waals surface area contributed by atoms with Crippen molar-refractivity contribution in [2.75, 3.05) is 0 Å². The molecule has 3 atom stereocenters. The molecule has 1 saturated carbocycles. The number of carboxylic acids is 1. The van der Waals surface area contributed by atoms with Crippen LogP contribution in [0, 0.1) is 17.7 Å². The van der Waals surface area contributed by atoms with Crippen LogP contribution in [0.15, 0.2) is 18.2 Å². The summed E-state index contributed by atoms with van der Waals surface area (Å²) in [6.07, 6.45) is 3.66. The van der Waals surface area contributed by atoms with Crippen molar-refractivity contribution < 1.29 is 14.3 Å². The molecule has 0 heterocycles. The van der Waals surface area contributed by atoms with Crippen LogP contribution in [0.3, 0.4) is 0 Å². The zero-order chi connectivity index (χ0) is 14.7. The number of carbonyl (C=O) groups is 1. The number of halogens is 1. The van der Waals surface area contributed by atoms with Crippen molar-refractivity contribution in [3.05, 3.63) is 35.1 Å². The van der Waals surface area contributed by atoms with Crippen LogP contribution in [0.25, 0.3) is 0 Å². The Labute approximate surface area is 119 Å². The summed E-state index contributed by atoms with van der Waals surface area (Å²) in [7, 11) is 0. The van der Waals surface area contributed by atoms with Gasteiger partial charge < -0.3 is 10.4 Å². The Bertz CT molecular complexity index is 489. The van der Waals surface area contributed by atoms with E-state index in [1.807, 2.05) is 0 Å². The van der Waals surface area contributed by atoms with Crippen molar-refractivity contribution >= 4 is 5.97 Å². The van der Waals surface area contributed by atoms with E-state index in [1.54, 1.807) is 6.07 Å². The van der Waals surface area contributed by atoms with Crippen molar-refractivity contribution in [3.63, 3.8) is 0 Å². The highest BCUT2D eigenvalue weighted by Crippen LogP contribution is 2.29. The van der Waals surface area contributed by atoms with Crippen molar-refractivity contribution in [2.24, 2.45) is 11.8 Å². The molecular weight excluding hydrogens is 257 g/mol. The minimum Gasteiger partial charge on any atom is -0.478 e. The molecule has 0 radical (unpaired) electrons. The van der Waals surface area contributed by atoms with Gasteiger partial charge >= 0.3 is 5.97 Å². The predicted octanol–water partition coefficient (Wildman–Crippen LogP) is 3.44. The first-order chi connectivity index (χ1) is 9.49. The third-order valence-electron chi connectivity index (χ3n) is 4.54. The molecule has 0 spiro atoms. The molecule has 20 heavy (non-hydrogen) atoms. The van der Waals surface area contributed by atoms with E-state index in [9.17, 15) is 9.18 Å². The molecule has 0 aliphatic heterocycles. The highest BCUT2D eigenvalue weighted by molar-refractivity contribution is 5.87. The fraction of sp³-hybridized carbons (Fsp3) is 0.562. The van der Waals surface area contributed by atoms with Crippen LogP contribution < -0.4 is 5.32 Å². The summed E-state index contributed by atoms with van der Waals surface area (Å²) in [6, 6.07) is 4.78. The number of hydrogen-bond acceptors (Lipinski definition) is 2. The van der Waals surface area contributed by atoms with E-state index in [2.05, 4.69) is 19.2 Å². The van der Waals surface area contributed by atoms with Crippen LogP contribution in [-0.2, 0) is 6.54 Å². The molecule has 2 rings (SSSR count). The molecule has 2 N–H and O–H groups in total. The standard InChI is InChI=1S/C16H22FNO2/c1-10-4-3-5-15(11(10)2)18-9-12-6-7-13(16(19)20)14(17)8-12/h6-8,10-11,15,18H,3-5,9H2,1-2H3,(H,19,20). The second-order valence-corrected chi connectivity index (χ2v) is 5.87. The maximum absolute atomic E-state index is 13.6. The lowest BCUT2D eigenvalue weighted by molar-refractivity contribution is 0.0692. The van der Waals surface area contributed by atoms with Gasteiger partial charge in [0, 0.05) is 12.6 Å². The number of rotatable bonds is 4. The fourth-order valence-corrected chi connectivity index (χ4v) is 2.96. The van der Waals surface area contributed by atoms with Gasteiger partial charge in [0.2, 0.25) is 0 Å². The van der Waals surface area contributed by atoms with Gasteiger partial charge in [-0.15, -0.1) is 0 Å². The first-order valence-electron chi connectivity index (χ1n) is 7.24. The van der Waals surface area contributed by atoms with E-state index in [1.165, 1.54) is 25.0 Å². The lowest BCUT2D eigenvalue weighted by Gasteiger charge is -2.34. The van der Waals surface area contributed by atoms with Crippen LogP contribution >= 0.6 is 0 Å². The van der Waals surface area contributed by atoms with E-state index in [4.69, 9.17) is 5.11 Å². The first kappa shape index (κ1) is 15.0. The molecule has 110 valence electrons. The topological polar surface area (TPSA) is 49.3 Å². The lowest BCUT2D eigenvalue weighted by atomic mass is 9.78. The fourth-order valence-electron chi connectivity index (χ4n) is 2.96. The molecule has 3 nitrogen and oxygen atoms in total. The Hall–Kier alpha value is -1.42. The van der Waals surface area contributed by atoms with E-state index >= 15 is 0 Å². The van der Waals surface area contributed by atoms with Gasteiger partial charge in [0.15, 0.2) is 0 Å². The van der Waals surface area contributed by atoms with E-state index in [-0.39, 0.29) is 5.56 Å². The van der Waals surface area contributed by atoms with Gasteiger partial charge in [0.05, 0.1) is 5.56 Å². The average molecular weight is 279 g/mol. The number of benzene rings is 1. The highest BCUT2D eigenvalue weighted by Gasteiger charge is 2.26. The third-order valence-corrected chi connectivity index (χ3v) is 4.54. The monoisotopic (exact) mass is 279 g/mol. The van der Waals surface area contributed by atoms with E-state index in [0.29, 0.717) is 24.4 Å². The summed E-state index contributed by atoms with van der Waals surface area (Å²) in [4.78, 5) is 10.8. The molecule has 1 fully saturated rings. The number of nitrogens with one attached hydrogen (secondary N) is 1. The number of aromatic carboxylic acids is 1. The second-order valence-electron chi connectivity index (χ2n) is 5.87. The van der Waals surface area contributed by atoms with Crippen LogP contribution in [-0.4, -0.2) is 17.1 Å². The highest BCUT2D eigenvalue weighted by atomic mass is 19.1. The van der Waals surface area contributed by atoms with Gasteiger partial charge in [0.25, 0.3) is 0 Å². The molecule has 0 bridgehead atoms. The molecule has 1 aliphatic carbocycles. The first-order valence-corrected chi connectivity index (χ1v) is 7.24. The van der Waals surface area contributed by atoms with Crippen LogP contribution in [0.2, 0.25) is 0 Å². The Morgan fingerprint density at radius 3 is 2.80 bits per heavy atom. The van der Waals surface area contributed by atoms with Gasteiger partial charge in [-0.1, -0.05) is 32.8 Å². The minimum absolute atomic E-state index is 0.270. The molecule has 0 saturated heterocycles. The Morgan fingerprint density at radius 1 is 1.40 bits per heavy atom. The van der Waals surface area contributed by atoms with E-state index in [0.717, 1.165) is 12.0 Å². The maximum atomic E-state index is 13.6. The van der Waals surface area contributed by atoms with Gasteiger partial charge in [-0.25, -0.2) is 9.18 Å². The van der Waals surface area contributed by atoms with Crippen molar-refractivity contribution in [1.82, 2.24) is 5.32 Å². The molecule has 3 unspecified atom stereocenters. The lowest BCUT2D eigenvalue weighted by Crippen LogP contribution is -2.40. The Morgan fingerprint density at radius 2 is 2.15 bits per heavy atom. The summed E-state index contributed by atoms with van der Waals surface area (Å²) in [5, 5.41) is 12.3. The van der Waals surface area contributed by atoms with E-state index < -0.39 is 11.8 Å². The minimum atomic E-state index is -1.23. The maximum Gasteiger partial charge on any atom is 0.338 e. The van der Waals surface area contributed by atoms with Crippen molar-refractivity contribution in [3.8, 4) is 0 Å². The summed E-state index contributed by atoms with van der Waals surface area (Å²) >= 11 is 0. The predicted molar refractivity (Wildman–Crippen MR) is 76.2 cm³/mol. The van der Waals surface area contributed by atoms with Crippen molar-refractivity contribution in [1.29, 1.82) is 0 Å². The molecule has 1 aromatic rings. The van der Waals surface area contributed by atoms with Crippen molar-refractivity contribution in [2.45, 2.75) is 45.7 Å². The quantitative estimate of drug-likeness (QED) is 0.887. The summed E-state index contributed by atoms with van der Waals surface area (Å²) in [5.74, 6) is -0.558. The van der Waals surface area contributed by atoms with Gasteiger partial charge in [0.1, 0.15) is 5.82 Å². The molecular formula is C16H22FNO2. The summed E-state index contributed by atoms with van der Waals surface area (Å²) in [5.41, 5.74) is 0.520. The largest absolute Gasteiger partial charge is 0.478 e. The molecule has 1 aliphatic rings. The Kier molecular flexibility index (Phi) is 4.76. The molecule has 4 heteroatoms. The second kappa shape index (κ2) is 6.35. The molecule has 1 aromatic carbocycles. The number of hydrogen-bond donors (Lipinski definition) is 2. The third kappa shape index (κ3) is 3.37. The van der Waals surface area contributed by atoms with Gasteiger partial charge in [-0.05, 0) is 36.0 Å². The molecule has 0 amide bonds. The van der Waals surface area contributed by atoms with Crippen LogP contribution in [0.4, 0.5) is 4.39 Å². The zero-order valence-corrected chi connectivity index (χ0v) is 12.0. The number of carboxylic acid groups (broad SMARTS) is 1. The summed E-state index contributed by atoms with van der Waals surface area (Å²) in [6.45, 7) is 5.12. The summed E-state index contributed by atoms with van der Waals surface area (Å²) < 4.78 is 13.6.